The molecule has 12 heavy (non-hydrogen) atoms. The van der Waals surface area contributed by atoms with Crippen LogP contribution in [0.15, 0.2) is 24.3 Å². The van der Waals surface area contributed by atoms with Crippen molar-refractivity contribution >= 4 is 0 Å². The van der Waals surface area contributed by atoms with Crippen molar-refractivity contribution in [3.8, 4) is 0 Å². The van der Waals surface area contributed by atoms with E-state index in [9.17, 15) is 0 Å². The van der Waals surface area contributed by atoms with Crippen molar-refractivity contribution in [3.05, 3.63) is 24.3 Å². The average molecular weight is 165 g/mol. The zero-order chi connectivity index (χ0) is 9.19. The van der Waals surface area contributed by atoms with Gasteiger partial charge in [0.1, 0.15) is 0 Å². The van der Waals surface area contributed by atoms with E-state index in [0.29, 0.717) is 0 Å². The van der Waals surface area contributed by atoms with E-state index in [1.54, 1.807) is 5.57 Å². The van der Waals surface area contributed by atoms with Crippen molar-refractivity contribution in [2.45, 2.75) is 32.7 Å². The summed E-state index contributed by atoms with van der Waals surface area (Å²) in [4.78, 5) is 0. The van der Waals surface area contributed by atoms with E-state index >= 15 is 0 Å². The maximum Gasteiger partial charge on any atom is 0.0175 e. The fraction of sp³-hybridized carbons (Fsp3) is 0.636. The zero-order valence-corrected chi connectivity index (χ0v) is 8.35. The Bertz CT molecular complexity index is 196. The summed E-state index contributed by atoms with van der Waals surface area (Å²) in [5.41, 5.74) is 1.78. The lowest BCUT2D eigenvalue weighted by molar-refractivity contribution is 0.444. The van der Waals surface area contributed by atoms with E-state index in [1.807, 2.05) is 6.08 Å². The first kappa shape index (κ1) is 9.53. The van der Waals surface area contributed by atoms with Crippen LogP contribution in [0.25, 0.3) is 0 Å². The third-order valence-electron chi connectivity index (χ3n) is 2.03. The first-order valence-corrected chi connectivity index (χ1v) is 4.59. The van der Waals surface area contributed by atoms with Gasteiger partial charge in [-0.05, 0) is 27.2 Å². The first-order chi connectivity index (χ1) is 5.53. The van der Waals surface area contributed by atoms with Crippen molar-refractivity contribution in [3.63, 3.8) is 0 Å². The van der Waals surface area contributed by atoms with E-state index in [0.717, 1.165) is 18.9 Å². The van der Waals surface area contributed by atoms with E-state index < -0.39 is 0 Å². The maximum atomic E-state index is 3.73. The predicted octanol–water partition coefficient (Wildman–Crippen LogP) is 2.51. The second-order valence-corrected chi connectivity index (χ2v) is 4.48. The van der Waals surface area contributed by atoms with Gasteiger partial charge in [0.25, 0.3) is 0 Å². The molecule has 1 nitrogen and oxygen atoms in total. The molecule has 0 saturated carbocycles. The van der Waals surface area contributed by atoms with Crippen molar-refractivity contribution in [2.75, 3.05) is 6.54 Å². The minimum absolute atomic E-state index is 0.238. The third kappa shape index (κ3) is 3.22. The smallest absolute Gasteiger partial charge is 0.0175 e. The van der Waals surface area contributed by atoms with Crippen molar-refractivity contribution in [2.24, 2.45) is 5.92 Å². The topological polar surface area (TPSA) is 12.0 Å². The second kappa shape index (κ2) is 3.44. The fourth-order valence-corrected chi connectivity index (χ4v) is 1.17. The molecule has 0 radical (unpaired) electrons. The summed E-state index contributed by atoms with van der Waals surface area (Å²) in [5, 5.41) is 3.47. The number of hydrogen-bond donors (Lipinski definition) is 1. The molecule has 0 bridgehead atoms. The van der Waals surface area contributed by atoms with Gasteiger partial charge in [-0.25, -0.2) is 0 Å². The van der Waals surface area contributed by atoms with Crippen LogP contribution in [0.5, 0.6) is 0 Å². The molecule has 1 aliphatic carbocycles. The van der Waals surface area contributed by atoms with Gasteiger partial charge in [0, 0.05) is 18.0 Å². The minimum atomic E-state index is 0.238. The highest BCUT2D eigenvalue weighted by molar-refractivity contribution is 5.31. The van der Waals surface area contributed by atoms with Gasteiger partial charge in [0.15, 0.2) is 0 Å². The van der Waals surface area contributed by atoms with Gasteiger partial charge in [-0.15, -0.1) is 6.58 Å². The van der Waals surface area contributed by atoms with Crippen LogP contribution in [0.4, 0.5) is 0 Å². The van der Waals surface area contributed by atoms with Crippen LogP contribution >= 0.6 is 0 Å². The molecule has 1 heteroatoms. The molecule has 0 amide bonds. The highest BCUT2D eigenvalue weighted by Crippen LogP contribution is 2.31. The lowest BCUT2D eigenvalue weighted by Crippen LogP contribution is -2.36. The van der Waals surface area contributed by atoms with E-state index in [1.165, 1.54) is 0 Å². The van der Waals surface area contributed by atoms with E-state index in [-0.39, 0.29) is 5.54 Å². The molecule has 1 rings (SSSR count). The highest BCUT2D eigenvalue weighted by Gasteiger charge is 2.23. The summed E-state index contributed by atoms with van der Waals surface area (Å²) in [6.07, 6.45) is 5.42. The molecule has 0 saturated heterocycles. The Morgan fingerprint density at radius 1 is 1.58 bits per heavy atom. The monoisotopic (exact) mass is 165 g/mol. The lowest BCUT2D eigenvalue weighted by Gasteiger charge is -2.19. The fourth-order valence-electron chi connectivity index (χ4n) is 1.17. The number of rotatable bonds is 4. The van der Waals surface area contributed by atoms with Crippen LogP contribution in [-0.4, -0.2) is 12.1 Å². The second-order valence-electron chi connectivity index (χ2n) is 4.48. The Hall–Kier alpha value is -0.560. The van der Waals surface area contributed by atoms with Crippen LogP contribution in [0.3, 0.4) is 0 Å². The summed E-state index contributed by atoms with van der Waals surface area (Å²) in [7, 11) is 0. The predicted molar refractivity (Wildman–Crippen MR) is 54.1 cm³/mol. The Labute approximate surface area is 75.6 Å². The van der Waals surface area contributed by atoms with E-state index in [4.69, 9.17) is 0 Å². The average Bonchev–Trinajstić information content (AvgIpc) is 2.63. The molecule has 68 valence electrons. The molecular formula is C11H19N. The molecular weight excluding hydrogens is 146 g/mol. The molecule has 1 atom stereocenters. The van der Waals surface area contributed by atoms with Crippen LogP contribution in [-0.2, 0) is 0 Å². The molecule has 0 spiro atoms. The molecule has 1 N–H and O–H groups in total. The Kier molecular flexibility index (Phi) is 2.73. The third-order valence-corrected chi connectivity index (χ3v) is 2.03. The number of hydrogen-bond acceptors (Lipinski definition) is 1. The van der Waals surface area contributed by atoms with Gasteiger partial charge in [-0.2, -0.15) is 0 Å². The summed E-state index contributed by atoms with van der Waals surface area (Å²) < 4.78 is 0. The summed E-state index contributed by atoms with van der Waals surface area (Å²) in [6.45, 7) is 11.4. The molecule has 0 fully saturated rings. The van der Waals surface area contributed by atoms with Crippen molar-refractivity contribution in [1.82, 2.24) is 5.32 Å². The van der Waals surface area contributed by atoms with Gasteiger partial charge in [0.05, 0.1) is 0 Å². The van der Waals surface area contributed by atoms with Crippen LogP contribution < -0.4 is 5.32 Å². The Balaban J connectivity index is 2.12. The van der Waals surface area contributed by atoms with Gasteiger partial charge < -0.3 is 5.32 Å². The first-order valence-electron chi connectivity index (χ1n) is 4.59. The molecule has 0 aliphatic heterocycles. The van der Waals surface area contributed by atoms with Crippen molar-refractivity contribution in [1.29, 1.82) is 0 Å². The summed E-state index contributed by atoms with van der Waals surface area (Å²) in [5.74, 6) is 0.720. The highest BCUT2D eigenvalue weighted by atomic mass is 14.9. The number of allylic oxidation sites excluding steroid dienone is 2. The standard InChI is InChI=1S/C11H19N/c1-5-6-9-7-10(9)8-12-11(2,3)4/h5,7,9,12H,1,6,8H2,2-4H3. The molecule has 0 aromatic carbocycles. The normalized spacial score (nSPS) is 21.9. The Morgan fingerprint density at radius 3 is 2.75 bits per heavy atom. The molecule has 0 heterocycles. The summed E-state index contributed by atoms with van der Waals surface area (Å²) in [6, 6.07) is 0. The van der Waals surface area contributed by atoms with Gasteiger partial charge >= 0.3 is 0 Å². The van der Waals surface area contributed by atoms with Crippen LogP contribution in [0, 0.1) is 5.92 Å². The van der Waals surface area contributed by atoms with Gasteiger partial charge in [0.2, 0.25) is 0 Å². The molecule has 1 unspecified atom stereocenters. The van der Waals surface area contributed by atoms with Crippen molar-refractivity contribution < 1.29 is 0 Å². The molecule has 1 aliphatic rings. The SMILES string of the molecule is C=CCC1C=C1CNC(C)(C)C. The van der Waals surface area contributed by atoms with Gasteiger partial charge in [-0.3, -0.25) is 0 Å². The molecule has 0 aromatic heterocycles. The van der Waals surface area contributed by atoms with Crippen LogP contribution in [0.2, 0.25) is 0 Å². The van der Waals surface area contributed by atoms with E-state index in [2.05, 4.69) is 38.7 Å². The minimum Gasteiger partial charge on any atom is -0.308 e. The van der Waals surface area contributed by atoms with Gasteiger partial charge in [-0.1, -0.05) is 17.7 Å². The quantitative estimate of drug-likeness (QED) is 0.631. The zero-order valence-electron chi connectivity index (χ0n) is 8.35. The number of nitrogens with one attached hydrogen (secondary N) is 1. The summed E-state index contributed by atoms with van der Waals surface area (Å²) >= 11 is 0. The largest absolute Gasteiger partial charge is 0.308 e. The lowest BCUT2D eigenvalue weighted by atomic mass is 10.1. The molecule has 0 aromatic rings. The Morgan fingerprint density at radius 2 is 2.25 bits per heavy atom. The van der Waals surface area contributed by atoms with Crippen LogP contribution in [0.1, 0.15) is 27.2 Å². The maximum absolute atomic E-state index is 3.73.